The lowest BCUT2D eigenvalue weighted by Crippen LogP contribution is -2.49. The number of carbonyl (C=O) groups excluding carboxylic acids is 4. The van der Waals surface area contributed by atoms with Gasteiger partial charge in [0, 0.05) is 5.56 Å². The standard InChI is InChI=1S/C28H34N2O7/c1-20-11-5-4-10-16-29-25(20)27(33)35-18-23(30-28(34)37-17-21-12-6-2-7-13-21)26(32)36-19-24(31)22-14-8-3-9-15-22/h2-3,6-9,12-15,20,23,25,29H,4-5,10-11,16-19H2,1H3,(H,30,34). The van der Waals surface area contributed by atoms with E-state index < -0.39 is 49.1 Å². The SMILES string of the molecule is CC1CCCCCNC1C(=O)OCC(NC(=O)OCc1ccccc1)C(=O)OCC(=O)c1ccccc1. The summed E-state index contributed by atoms with van der Waals surface area (Å²) in [4.78, 5) is 50.4. The second-order valence-electron chi connectivity index (χ2n) is 9.04. The average molecular weight is 511 g/mol. The molecule has 1 heterocycles. The van der Waals surface area contributed by atoms with E-state index in [9.17, 15) is 19.2 Å². The summed E-state index contributed by atoms with van der Waals surface area (Å²) in [7, 11) is 0. The second kappa shape index (κ2) is 14.7. The van der Waals surface area contributed by atoms with Crippen molar-refractivity contribution in [2.45, 2.75) is 51.3 Å². The molecule has 0 aromatic heterocycles. The summed E-state index contributed by atoms with van der Waals surface area (Å²) >= 11 is 0. The van der Waals surface area contributed by atoms with Gasteiger partial charge in [-0.05, 0) is 30.9 Å². The van der Waals surface area contributed by atoms with Gasteiger partial charge in [0.05, 0.1) is 0 Å². The molecule has 3 atom stereocenters. The van der Waals surface area contributed by atoms with Crippen LogP contribution in [0, 0.1) is 5.92 Å². The molecule has 1 fully saturated rings. The van der Waals surface area contributed by atoms with E-state index in [1.54, 1.807) is 42.5 Å². The Balaban J connectivity index is 1.59. The van der Waals surface area contributed by atoms with E-state index >= 15 is 0 Å². The van der Waals surface area contributed by atoms with Crippen molar-refractivity contribution in [3.05, 3.63) is 71.8 Å². The first-order valence-corrected chi connectivity index (χ1v) is 12.6. The molecular weight excluding hydrogens is 476 g/mol. The number of benzene rings is 2. The number of esters is 2. The zero-order chi connectivity index (χ0) is 26.5. The number of alkyl carbamates (subject to hydrolysis) is 1. The lowest BCUT2D eigenvalue weighted by Gasteiger charge is -2.26. The van der Waals surface area contributed by atoms with Crippen LogP contribution in [-0.4, -0.2) is 55.7 Å². The van der Waals surface area contributed by atoms with Crippen molar-refractivity contribution in [1.82, 2.24) is 10.6 Å². The van der Waals surface area contributed by atoms with Gasteiger partial charge in [0.2, 0.25) is 0 Å². The van der Waals surface area contributed by atoms with Crippen LogP contribution in [0.4, 0.5) is 4.79 Å². The van der Waals surface area contributed by atoms with Gasteiger partial charge in [-0.1, -0.05) is 80.4 Å². The highest BCUT2D eigenvalue weighted by molar-refractivity contribution is 5.98. The maximum atomic E-state index is 12.8. The molecule has 0 radical (unpaired) electrons. The monoisotopic (exact) mass is 510 g/mol. The summed E-state index contributed by atoms with van der Waals surface area (Å²) in [6, 6.07) is 15.6. The van der Waals surface area contributed by atoms with Crippen LogP contribution in [0.2, 0.25) is 0 Å². The minimum atomic E-state index is -1.35. The molecule has 2 aromatic rings. The highest BCUT2D eigenvalue weighted by Crippen LogP contribution is 2.17. The fourth-order valence-electron chi connectivity index (χ4n) is 3.98. The highest BCUT2D eigenvalue weighted by Gasteiger charge is 2.30. The Kier molecular flexibility index (Phi) is 11.1. The molecule has 0 bridgehead atoms. The number of carbonyl (C=O) groups is 4. The molecule has 198 valence electrons. The fourth-order valence-corrected chi connectivity index (χ4v) is 3.98. The van der Waals surface area contributed by atoms with Crippen LogP contribution >= 0.6 is 0 Å². The van der Waals surface area contributed by atoms with Crippen LogP contribution in [0.15, 0.2) is 60.7 Å². The van der Waals surface area contributed by atoms with Crippen LogP contribution in [0.3, 0.4) is 0 Å². The Hall–Kier alpha value is -3.72. The molecule has 0 saturated carbocycles. The molecule has 37 heavy (non-hydrogen) atoms. The molecule has 3 unspecified atom stereocenters. The van der Waals surface area contributed by atoms with Gasteiger partial charge in [0.15, 0.2) is 18.4 Å². The summed E-state index contributed by atoms with van der Waals surface area (Å²) in [6.45, 7) is 1.69. The molecule has 0 aliphatic carbocycles. The number of nitrogens with one attached hydrogen (secondary N) is 2. The number of Topliss-reactive ketones (excluding diaryl/α,β-unsaturated/α-hetero) is 1. The fraction of sp³-hybridized carbons (Fsp3) is 0.429. The van der Waals surface area contributed by atoms with Crippen molar-refractivity contribution in [2.75, 3.05) is 19.8 Å². The number of amides is 1. The first kappa shape index (κ1) is 27.9. The summed E-state index contributed by atoms with van der Waals surface area (Å²) < 4.78 is 15.8. The molecule has 2 N–H and O–H groups in total. The van der Waals surface area contributed by atoms with E-state index in [1.807, 2.05) is 25.1 Å². The molecule has 1 amide bonds. The topological polar surface area (TPSA) is 120 Å². The zero-order valence-electron chi connectivity index (χ0n) is 21.0. The molecule has 9 nitrogen and oxygen atoms in total. The Labute approximate surface area is 216 Å². The normalized spacial score (nSPS) is 18.4. The zero-order valence-corrected chi connectivity index (χ0v) is 21.0. The summed E-state index contributed by atoms with van der Waals surface area (Å²) in [5.41, 5.74) is 1.15. The summed E-state index contributed by atoms with van der Waals surface area (Å²) in [5.74, 6) is -1.76. The van der Waals surface area contributed by atoms with Crippen molar-refractivity contribution in [2.24, 2.45) is 5.92 Å². The maximum Gasteiger partial charge on any atom is 0.408 e. The molecular formula is C28H34N2O7. The maximum absolute atomic E-state index is 12.8. The van der Waals surface area contributed by atoms with Crippen LogP contribution < -0.4 is 10.6 Å². The second-order valence-corrected chi connectivity index (χ2v) is 9.04. The van der Waals surface area contributed by atoms with Crippen molar-refractivity contribution in [3.63, 3.8) is 0 Å². The lowest BCUT2D eigenvalue weighted by atomic mass is 9.93. The Morgan fingerprint density at radius 3 is 2.35 bits per heavy atom. The number of hydrogen-bond acceptors (Lipinski definition) is 8. The number of ether oxygens (including phenoxy) is 3. The van der Waals surface area contributed by atoms with Gasteiger partial charge in [-0.3, -0.25) is 9.59 Å². The van der Waals surface area contributed by atoms with Crippen molar-refractivity contribution >= 4 is 23.8 Å². The van der Waals surface area contributed by atoms with Gasteiger partial charge in [0.1, 0.15) is 19.3 Å². The smallest absolute Gasteiger partial charge is 0.408 e. The molecule has 1 aliphatic heterocycles. The predicted octanol–water partition coefficient (Wildman–Crippen LogP) is 3.42. The molecule has 2 aromatic carbocycles. The quantitative estimate of drug-likeness (QED) is 0.283. The third kappa shape index (κ3) is 9.34. The molecule has 1 saturated heterocycles. The minimum absolute atomic E-state index is 0.00969. The third-order valence-corrected chi connectivity index (χ3v) is 6.15. The van der Waals surface area contributed by atoms with Gasteiger partial charge < -0.3 is 24.8 Å². The van der Waals surface area contributed by atoms with E-state index in [1.165, 1.54) is 0 Å². The van der Waals surface area contributed by atoms with E-state index in [-0.39, 0.29) is 12.5 Å². The summed E-state index contributed by atoms with van der Waals surface area (Å²) in [6.07, 6.45) is 3.10. The van der Waals surface area contributed by atoms with Gasteiger partial charge in [-0.25, -0.2) is 9.59 Å². The van der Waals surface area contributed by atoms with Crippen LogP contribution in [0.5, 0.6) is 0 Å². The third-order valence-electron chi connectivity index (χ3n) is 6.15. The van der Waals surface area contributed by atoms with Crippen molar-refractivity contribution < 1.29 is 33.4 Å². The molecule has 3 rings (SSSR count). The first-order valence-electron chi connectivity index (χ1n) is 12.6. The van der Waals surface area contributed by atoms with Crippen LogP contribution in [0.25, 0.3) is 0 Å². The van der Waals surface area contributed by atoms with E-state index in [4.69, 9.17) is 14.2 Å². The van der Waals surface area contributed by atoms with Crippen molar-refractivity contribution in [3.8, 4) is 0 Å². The average Bonchev–Trinajstić information content (AvgIpc) is 2.91. The Morgan fingerprint density at radius 2 is 1.62 bits per heavy atom. The lowest BCUT2D eigenvalue weighted by molar-refractivity contribution is -0.153. The largest absolute Gasteiger partial charge is 0.462 e. The summed E-state index contributed by atoms with van der Waals surface area (Å²) in [5, 5.41) is 5.61. The first-order chi connectivity index (χ1) is 17.9. The minimum Gasteiger partial charge on any atom is -0.462 e. The predicted molar refractivity (Wildman–Crippen MR) is 136 cm³/mol. The number of hydrogen-bond donors (Lipinski definition) is 2. The Bertz CT molecular complexity index is 1030. The molecule has 0 spiro atoms. The number of rotatable bonds is 10. The van der Waals surface area contributed by atoms with E-state index in [0.717, 1.165) is 31.2 Å². The van der Waals surface area contributed by atoms with Gasteiger partial charge in [-0.15, -0.1) is 0 Å². The highest BCUT2D eigenvalue weighted by atomic mass is 16.6. The Morgan fingerprint density at radius 1 is 0.919 bits per heavy atom. The van der Waals surface area contributed by atoms with Gasteiger partial charge >= 0.3 is 18.0 Å². The van der Waals surface area contributed by atoms with Crippen LogP contribution in [0.1, 0.15) is 48.5 Å². The van der Waals surface area contributed by atoms with Gasteiger partial charge in [0.25, 0.3) is 0 Å². The van der Waals surface area contributed by atoms with Crippen molar-refractivity contribution in [1.29, 1.82) is 0 Å². The van der Waals surface area contributed by atoms with E-state index in [0.29, 0.717) is 12.1 Å². The van der Waals surface area contributed by atoms with Gasteiger partial charge in [-0.2, -0.15) is 0 Å². The number of ketones is 1. The molecule has 9 heteroatoms. The van der Waals surface area contributed by atoms with Crippen LogP contribution in [-0.2, 0) is 30.4 Å². The molecule has 1 aliphatic rings. The van der Waals surface area contributed by atoms with E-state index in [2.05, 4.69) is 10.6 Å².